The molecule has 2 aromatic carbocycles. The molecular formula is C16H16ClN3OS. The van der Waals surface area contributed by atoms with Crippen LogP contribution >= 0.6 is 23.4 Å². The van der Waals surface area contributed by atoms with Gasteiger partial charge >= 0.3 is 0 Å². The van der Waals surface area contributed by atoms with Crippen LogP contribution in [0.5, 0.6) is 0 Å². The zero-order valence-electron chi connectivity index (χ0n) is 12.0. The highest BCUT2D eigenvalue weighted by atomic mass is 35.5. The molecule has 0 saturated carbocycles. The standard InChI is InChI=1S/C16H16ClN3OS/c1-11-5-7-13(8-6-11)15(21)19-20-16(18)22-10-12-3-2-4-14(17)9-12/h2-9H,10H2,1H3,(H2,18,20)(H,19,21). The number of thioether (sulfide) groups is 1. The van der Waals surface area contributed by atoms with Crippen molar-refractivity contribution in [2.75, 3.05) is 0 Å². The maximum Gasteiger partial charge on any atom is 0.271 e. The molecule has 4 nitrogen and oxygen atoms in total. The van der Waals surface area contributed by atoms with Gasteiger partial charge in [0.2, 0.25) is 0 Å². The number of halogens is 1. The van der Waals surface area contributed by atoms with Crippen molar-refractivity contribution in [3.8, 4) is 0 Å². The highest BCUT2D eigenvalue weighted by Gasteiger charge is 2.04. The van der Waals surface area contributed by atoms with E-state index in [-0.39, 0.29) is 5.91 Å². The van der Waals surface area contributed by atoms with Gasteiger partial charge in [-0.25, -0.2) is 5.43 Å². The number of nitrogens with two attached hydrogens (primary N) is 1. The Morgan fingerprint density at radius 1 is 1.27 bits per heavy atom. The predicted octanol–water partition coefficient (Wildman–Crippen LogP) is 3.54. The van der Waals surface area contributed by atoms with Crippen LogP contribution in [0.25, 0.3) is 0 Å². The summed E-state index contributed by atoms with van der Waals surface area (Å²) in [6, 6.07) is 14.8. The van der Waals surface area contributed by atoms with E-state index in [2.05, 4.69) is 10.5 Å². The van der Waals surface area contributed by atoms with E-state index in [1.165, 1.54) is 11.8 Å². The first-order valence-electron chi connectivity index (χ1n) is 6.62. The minimum absolute atomic E-state index is 0.286. The second kappa shape index (κ2) is 7.87. The fraction of sp³-hybridized carbons (Fsp3) is 0.125. The molecule has 0 aliphatic carbocycles. The van der Waals surface area contributed by atoms with Gasteiger partial charge in [-0.3, -0.25) is 4.79 Å². The van der Waals surface area contributed by atoms with Gasteiger partial charge in [-0.2, -0.15) is 0 Å². The molecule has 3 N–H and O–H groups in total. The van der Waals surface area contributed by atoms with Gasteiger partial charge in [-0.1, -0.05) is 53.2 Å². The largest absolute Gasteiger partial charge is 0.377 e. The summed E-state index contributed by atoms with van der Waals surface area (Å²) in [5.41, 5.74) is 10.9. The molecule has 2 aromatic rings. The number of nitrogens with zero attached hydrogens (tertiary/aromatic N) is 1. The van der Waals surface area contributed by atoms with Gasteiger partial charge in [0.25, 0.3) is 5.91 Å². The molecule has 0 unspecified atom stereocenters. The van der Waals surface area contributed by atoms with Crippen LogP contribution in [-0.4, -0.2) is 11.1 Å². The molecule has 0 aromatic heterocycles. The molecule has 0 atom stereocenters. The van der Waals surface area contributed by atoms with Gasteiger partial charge in [-0.15, -0.1) is 5.10 Å². The Kier molecular flexibility index (Phi) is 5.86. The van der Waals surface area contributed by atoms with Crippen molar-refractivity contribution in [3.05, 3.63) is 70.2 Å². The van der Waals surface area contributed by atoms with Crippen LogP contribution < -0.4 is 11.2 Å². The van der Waals surface area contributed by atoms with Crippen LogP contribution in [0, 0.1) is 6.92 Å². The summed E-state index contributed by atoms with van der Waals surface area (Å²) in [7, 11) is 0. The first-order valence-corrected chi connectivity index (χ1v) is 7.98. The number of aryl methyl sites for hydroxylation is 1. The smallest absolute Gasteiger partial charge is 0.271 e. The van der Waals surface area contributed by atoms with Crippen molar-refractivity contribution in [3.63, 3.8) is 0 Å². The molecule has 0 bridgehead atoms. The maximum absolute atomic E-state index is 11.9. The summed E-state index contributed by atoms with van der Waals surface area (Å²) in [5.74, 6) is 0.349. The zero-order chi connectivity index (χ0) is 15.9. The maximum atomic E-state index is 11.9. The van der Waals surface area contributed by atoms with Crippen LogP contribution in [0.3, 0.4) is 0 Å². The number of carbonyl (C=O) groups is 1. The molecule has 1 amide bonds. The average molecular weight is 334 g/mol. The van der Waals surface area contributed by atoms with E-state index < -0.39 is 0 Å². The van der Waals surface area contributed by atoms with E-state index in [4.69, 9.17) is 17.3 Å². The van der Waals surface area contributed by atoms with Crippen molar-refractivity contribution in [1.82, 2.24) is 5.43 Å². The second-order valence-corrected chi connectivity index (χ2v) is 6.11. The van der Waals surface area contributed by atoms with Gasteiger partial charge < -0.3 is 5.73 Å². The summed E-state index contributed by atoms with van der Waals surface area (Å²) in [5, 5.41) is 4.86. The van der Waals surface area contributed by atoms with Crippen LogP contribution in [0.4, 0.5) is 0 Å². The van der Waals surface area contributed by atoms with Gasteiger partial charge in [0, 0.05) is 16.3 Å². The minimum Gasteiger partial charge on any atom is -0.377 e. The summed E-state index contributed by atoms with van der Waals surface area (Å²) >= 11 is 7.25. The summed E-state index contributed by atoms with van der Waals surface area (Å²) in [4.78, 5) is 11.9. The van der Waals surface area contributed by atoms with Gasteiger partial charge in [0.15, 0.2) is 5.17 Å². The quantitative estimate of drug-likeness (QED) is 0.511. The first kappa shape index (κ1) is 16.4. The van der Waals surface area contributed by atoms with Crippen LogP contribution in [-0.2, 0) is 5.75 Å². The predicted molar refractivity (Wildman–Crippen MR) is 93.0 cm³/mol. The molecule has 0 aliphatic heterocycles. The molecular weight excluding hydrogens is 318 g/mol. The number of hydrazone groups is 1. The van der Waals surface area contributed by atoms with Crippen molar-refractivity contribution in [2.24, 2.45) is 10.8 Å². The Morgan fingerprint density at radius 3 is 2.68 bits per heavy atom. The SMILES string of the molecule is Cc1ccc(C(=O)N/N=C(\N)SCc2cccc(Cl)c2)cc1. The van der Waals surface area contributed by atoms with E-state index in [1.54, 1.807) is 12.1 Å². The number of rotatable bonds is 4. The van der Waals surface area contributed by atoms with Crippen molar-refractivity contribution >= 4 is 34.4 Å². The third kappa shape index (κ3) is 5.09. The Balaban J connectivity index is 1.87. The lowest BCUT2D eigenvalue weighted by atomic mass is 10.1. The monoisotopic (exact) mass is 333 g/mol. The van der Waals surface area contributed by atoms with E-state index in [0.717, 1.165) is 11.1 Å². The lowest BCUT2D eigenvalue weighted by molar-refractivity contribution is 0.0955. The summed E-state index contributed by atoms with van der Waals surface area (Å²) < 4.78 is 0. The molecule has 0 heterocycles. The lowest BCUT2D eigenvalue weighted by Gasteiger charge is -2.03. The topological polar surface area (TPSA) is 67.5 Å². The molecule has 0 saturated heterocycles. The van der Waals surface area contributed by atoms with Crippen molar-refractivity contribution in [1.29, 1.82) is 0 Å². The molecule has 0 spiro atoms. The van der Waals surface area contributed by atoms with Gasteiger partial charge in [0.05, 0.1) is 0 Å². The van der Waals surface area contributed by atoms with E-state index >= 15 is 0 Å². The second-order valence-electron chi connectivity index (χ2n) is 4.68. The van der Waals surface area contributed by atoms with Gasteiger partial charge in [0.1, 0.15) is 0 Å². The lowest BCUT2D eigenvalue weighted by Crippen LogP contribution is -2.21. The number of hydrogen-bond donors (Lipinski definition) is 2. The highest BCUT2D eigenvalue weighted by molar-refractivity contribution is 8.13. The minimum atomic E-state index is -0.286. The number of amides is 1. The van der Waals surface area contributed by atoms with Crippen LogP contribution in [0.1, 0.15) is 21.5 Å². The number of nitrogens with one attached hydrogen (secondary N) is 1. The zero-order valence-corrected chi connectivity index (χ0v) is 13.6. The molecule has 22 heavy (non-hydrogen) atoms. The number of hydrogen-bond acceptors (Lipinski definition) is 3. The molecule has 0 radical (unpaired) electrons. The molecule has 6 heteroatoms. The van der Waals surface area contributed by atoms with E-state index in [0.29, 0.717) is 21.5 Å². The summed E-state index contributed by atoms with van der Waals surface area (Å²) in [6.07, 6.45) is 0. The highest BCUT2D eigenvalue weighted by Crippen LogP contribution is 2.16. The Labute approximate surface area is 138 Å². The Bertz CT molecular complexity index is 686. The molecule has 114 valence electrons. The fourth-order valence-corrected chi connectivity index (χ4v) is 2.51. The Morgan fingerprint density at radius 2 is 2.00 bits per heavy atom. The molecule has 2 rings (SSSR count). The summed E-state index contributed by atoms with van der Waals surface area (Å²) in [6.45, 7) is 1.96. The fourth-order valence-electron chi connectivity index (χ4n) is 1.69. The van der Waals surface area contributed by atoms with Crippen molar-refractivity contribution in [2.45, 2.75) is 12.7 Å². The van der Waals surface area contributed by atoms with Gasteiger partial charge in [-0.05, 0) is 36.8 Å². The van der Waals surface area contributed by atoms with E-state index in [1.807, 2.05) is 43.3 Å². The number of benzene rings is 2. The third-order valence-corrected chi connectivity index (χ3v) is 3.96. The molecule has 0 aliphatic rings. The Hall–Kier alpha value is -1.98. The third-order valence-electron chi connectivity index (χ3n) is 2.86. The van der Waals surface area contributed by atoms with E-state index in [9.17, 15) is 4.79 Å². The number of amidine groups is 1. The van der Waals surface area contributed by atoms with Crippen molar-refractivity contribution < 1.29 is 4.79 Å². The van der Waals surface area contributed by atoms with Crippen LogP contribution in [0.2, 0.25) is 5.02 Å². The van der Waals surface area contributed by atoms with Crippen LogP contribution in [0.15, 0.2) is 53.6 Å². The molecule has 0 fully saturated rings. The normalized spacial score (nSPS) is 11.3. The average Bonchev–Trinajstić information content (AvgIpc) is 2.51. The number of carbonyl (C=O) groups excluding carboxylic acids is 1. The first-order chi connectivity index (χ1) is 10.5.